The van der Waals surface area contributed by atoms with Crippen molar-refractivity contribution in [1.29, 1.82) is 0 Å². The van der Waals surface area contributed by atoms with Gasteiger partial charge in [0.05, 0.1) is 24.6 Å². The minimum absolute atomic E-state index is 0.400. The summed E-state index contributed by atoms with van der Waals surface area (Å²) in [6.45, 7) is 4.36. The molecule has 27 heavy (non-hydrogen) atoms. The Bertz CT molecular complexity index is 933. The minimum Gasteiger partial charge on any atom is -0.497 e. The molecule has 0 unspecified atom stereocenters. The molecule has 1 aliphatic rings. The fourth-order valence-electron chi connectivity index (χ4n) is 3.44. The number of methoxy groups -OCH3 is 1. The van der Waals surface area contributed by atoms with Crippen LogP contribution in [0.15, 0.2) is 30.3 Å². The Hall–Kier alpha value is -1.87. The molecule has 4 rings (SSSR count). The van der Waals surface area contributed by atoms with E-state index in [-0.39, 0.29) is 0 Å². The zero-order valence-corrected chi connectivity index (χ0v) is 17.7. The molecule has 0 bridgehead atoms. The van der Waals surface area contributed by atoms with Crippen LogP contribution in [0.1, 0.15) is 24.1 Å². The summed E-state index contributed by atoms with van der Waals surface area (Å²) in [5.41, 5.74) is 3.28. The molecule has 1 aliphatic heterocycles. The molecule has 0 aliphatic carbocycles. The number of halogens is 1. The summed E-state index contributed by atoms with van der Waals surface area (Å²) in [5, 5.41) is 9.52. The molecular formula is C20H23IN4O2. The fourth-order valence-corrected chi connectivity index (χ4v) is 4.23. The third-order valence-electron chi connectivity index (χ3n) is 4.87. The van der Waals surface area contributed by atoms with Gasteiger partial charge in [-0.15, -0.1) is 0 Å². The first-order valence-corrected chi connectivity index (χ1v) is 10.2. The molecular weight excluding hydrogens is 455 g/mol. The average molecular weight is 478 g/mol. The molecule has 1 N–H and O–H groups in total. The van der Waals surface area contributed by atoms with Gasteiger partial charge in [-0.3, -0.25) is 4.68 Å². The summed E-state index contributed by atoms with van der Waals surface area (Å²) in [5.74, 6) is 1.80. The third kappa shape index (κ3) is 4.03. The van der Waals surface area contributed by atoms with Crippen LogP contribution >= 0.6 is 22.6 Å². The number of aryl methyl sites for hydroxylation is 1. The molecule has 0 atom stereocenters. The first kappa shape index (κ1) is 18.5. The lowest BCUT2D eigenvalue weighted by Gasteiger charge is -2.24. The fraction of sp³-hybridized carbons (Fsp3) is 0.400. The van der Waals surface area contributed by atoms with Crippen molar-refractivity contribution in [1.82, 2.24) is 14.8 Å². The maximum absolute atomic E-state index is 5.47. The second-order valence-corrected chi connectivity index (χ2v) is 7.86. The first-order chi connectivity index (χ1) is 13.1. The van der Waals surface area contributed by atoms with Crippen molar-refractivity contribution in [2.75, 3.05) is 25.6 Å². The van der Waals surface area contributed by atoms with Crippen molar-refractivity contribution >= 4 is 39.3 Å². The van der Waals surface area contributed by atoms with Gasteiger partial charge in [-0.2, -0.15) is 5.10 Å². The van der Waals surface area contributed by atoms with E-state index >= 15 is 0 Å². The van der Waals surface area contributed by atoms with Gasteiger partial charge in [-0.05, 0) is 66.1 Å². The molecule has 1 fully saturated rings. The lowest BCUT2D eigenvalue weighted by atomic mass is 10.1. The molecule has 1 aromatic carbocycles. The Morgan fingerprint density at radius 3 is 2.70 bits per heavy atom. The Morgan fingerprint density at radius 1 is 1.26 bits per heavy atom. The van der Waals surface area contributed by atoms with Gasteiger partial charge in [0.25, 0.3) is 0 Å². The van der Waals surface area contributed by atoms with Gasteiger partial charge >= 0.3 is 0 Å². The van der Waals surface area contributed by atoms with Gasteiger partial charge in [0.15, 0.2) is 0 Å². The van der Waals surface area contributed by atoms with Crippen molar-refractivity contribution < 1.29 is 9.47 Å². The van der Waals surface area contributed by atoms with E-state index in [1.807, 2.05) is 19.1 Å². The van der Waals surface area contributed by atoms with Gasteiger partial charge in [-0.1, -0.05) is 12.1 Å². The van der Waals surface area contributed by atoms with E-state index in [2.05, 4.69) is 50.8 Å². The third-order valence-corrected chi connectivity index (χ3v) is 5.63. The van der Waals surface area contributed by atoms with Crippen LogP contribution in [-0.2, 0) is 11.3 Å². The molecule has 7 heteroatoms. The maximum atomic E-state index is 5.47. The van der Waals surface area contributed by atoms with E-state index in [9.17, 15) is 0 Å². The molecule has 142 valence electrons. The van der Waals surface area contributed by atoms with Crippen LogP contribution in [0.4, 0.5) is 5.82 Å². The number of hydrogen-bond acceptors (Lipinski definition) is 5. The summed E-state index contributed by atoms with van der Waals surface area (Å²) in [6.07, 6.45) is 2.02. The van der Waals surface area contributed by atoms with Crippen molar-refractivity contribution in [3.8, 4) is 5.75 Å². The minimum atomic E-state index is 0.400. The van der Waals surface area contributed by atoms with Crippen molar-refractivity contribution in [2.45, 2.75) is 32.4 Å². The van der Waals surface area contributed by atoms with Crippen molar-refractivity contribution in [3.05, 3.63) is 45.3 Å². The van der Waals surface area contributed by atoms with E-state index in [1.165, 1.54) is 5.56 Å². The lowest BCUT2D eigenvalue weighted by Crippen LogP contribution is -2.28. The molecule has 0 radical (unpaired) electrons. The Kier molecular flexibility index (Phi) is 5.49. The van der Waals surface area contributed by atoms with Crippen LogP contribution in [0, 0.1) is 10.6 Å². The van der Waals surface area contributed by atoms with E-state index in [4.69, 9.17) is 19.6 Å². The van der Waals surface area contributed by atoms with Gasteiger partial charge in [0, 0.05) is 24.9 Å². The van der Waals surface area contributed by atoms with E-state index in [0.29, 0.717) is 12.6 Å². The van der Waals surface area contributed by atoms with Gasteiger partial charge in [0.1, 0.15) is 15.3 Å². The number of anilines is 1. The Morgan fingerprint density at radius 2 is 2.00 bits per heavy atom. The highest BCUT2D eigenvalue weighted by Gasteiger charge is 2.19. The highest BCUT2D eigenvalue weighted by atomic mass is 127. The van der Waals surface area contributed by atoms with Gasteiger partial charge < -0.3 is 14.8 Å². The van der Waals surface area contributed by atoms with Crippen LogP contribution in [-0.4, -0.2) is 41.1 Å². The summed E-state index contributed by atoms with van der Waals surface area (Å²) < 4.78 is 13.7. The summed E-state index contributed by atoms with van der Waals surface area (Å²) >= 11 is 2.31. The summed E-state index contributed by atoms with van der Waals surface area (Å²) in [6, 6.07) is 10.6. The van der Waals surface area contributed by atoms with Crippen molar-refractivity contribution in [2.24, 2.45) is 0 Å². The average Bonchev–Trinajstić information content (AvgIpc) is 2.98. The van der Waals surface area contributed by atoms with Crippen LogP contribution in [0.25, 0.3) is 10.9 Å². The topological polar surface area (TPSA) is 61.2 Å². The van der Waals surface area contributed by atoms with E-state index < -0.39 is 0 Å². The number of rotatable bonds is 5. The normalized spacial score (nSPS) is 15.2. The second kappa shape index (κ2) is 8.02. The quantitative estimate of drug-likeness (QED) is 0.562. The molecule has 3 heterocycles. The summed E-state index contributed by atoms with van der Waals surface area (Å²) in [7, 11) is 1.68. The number of nitrogens with zero attached hydrogens (tertiary/aromatic N) is 3. The zero-order valence-electron chi connectivity index (χ0n) is 15.5. The largest absolute Gasteiger partial charge is 0.497 e. The first-order valence-electron chi connectivity index (χ1n) is 9.15. The number of ether oxygens (including phenoxy) is 2. The number of benzene rings is 1. The van der Waals surface area contributed by atoms with Crippen molar-refractivity contribution in [3.63, 3.8) is 0 Å². The highest BCUT2D eigenvalue weighted by molar-refractivity contribution is 14.1. The van der Waals surface area contributed by atoms with Crippen LogP contribution in [0.3, 0.4) is 0 Å². The maximum Gasteiger partial charge on any atom is 0.138 e. The Balaban J connectivity index is 1.67. The SMILES string of the molecule is COc1ccc(Cn2nc(I)c3c(NC4CCOCC4)nc(C)cc32)cc1. The number of fused-ring (bicyclic) bond motifs is 1. The molecule has 3 aromatic rings. The number of aromatic nitrogens is 3. The second-order valence-electron chi connectivity index (χ2n) is 6.83. The molecule has 0 spiro atoms. The standard InChI is InChI=1S/C20H23IN4O2/c1-13-11-17-18(20(22-13)23-15-7-9-27-10-8-15)19(21)24-25(17)12-14-3-5-16(26-2)6-4-14/h3-6,11,15H,7-10,12H2,1-2H3,(H,22,23). The van der Waals surface area contributed by atoms with Gasteiger partial charge in [0.2, 0.25) is 0 Å². The summed E-state index contributed by atoms with van der Waals surface area (Å²) in [4.78, 5) is 4.77. The predicted molar refractivity (Wildman–Crippen MR) is 115 cm³/mol. The number of hydrogen-bond donors (Lipinski definition) is 1. The molecule has 2 aromatic heterocycles. The molecule has 6 nitrogen and oxygen atoms in total. The van der Waals surface area contributed by atoms with Crippen LogP contribution in [0.5, 0.6) is 5.75 Å². The van der Waals surface area contributed by atoms with Crippen LogP contribution in [0.2, 0.25) is 0 Å². The van der Waals surface area contributed by atoms with E-state index in [1.54, 1.807) is 7.11 Å². The molecule has 0 amide bonds. The predicted octanol–water partition coefficient (Wildman–Crippen LogP) is 3.99. The zero-order chi connectivity index (χ0) is 18.8. The van der Waals surface area contributed by atoms with Crippen LogP contribution < -0.4 is 10.1 Å². The molecule has 1 saturated heterocycles. The number of pyridine rings is 1. The molecule has 0 saturated carbocycles. The number of nitrogens with one attached hydrogen (secondary N) is 1. The Labute approximate surface area is 172 Å². The monoisotopic (exact) mass is 478 g/mol. The highest BCUT2D eigenvalue weighted by Crippen LogP contribution is 2.29. The van der Waals surface area contributed by atoms with Gasteiger partial charge in [-0.25, -0.2) is 4.98 Å². The lowest BCUT2D eigenvalue weighted by molar-refractivity contribution is 0.0904. The van der Waals surface area contributed by atoms with E-state index in [0.717, 1.165) is 57.9 Å². The smallest absolute Gasteiger partial charge is 0.138 e.